The van der Waals surface area contributed by atoms with E-state index in [1.807, 2.05) is 0 Å². The van der Waals surface area contributed by atoms with Crippen molar-refractivity contribution in [1.29, 1.82) is 0 Å². The SMILES string of the molecule is CC/C=C\C/C=C\C/C=C\C/C=C\C/C=C\C/C=C\C/C=C\C/C=C\C/C=C\CCCCCCCCCCCCCC(=O)OC(COC(=O)CCCCCCCCCC/C=C\C/C=C\C/C=C\C/C=C\C/C=C\C/C=C\C/C=C\C/C=C\CC)COP(=O)(O)OCCN. The van der Waals surface area contributed by atoms with E-state index in [-0.39, 0.29) is 32.6 Å². The van der Waals surface area contributed by atoms with Gasteiger partial charge in [-0.25, -0.2) is 4.57 Å². The summed E-state index contributed by atoms with van der Waals surface area (Å²) in [6.07, 6.45) is 116. The summed E-state index contributed by atoms with van der Waals surface area (Å²) in [6.45, 7) is 3.49. The molecule has 0 amide bonds. The number of carbonyl (C=O) groups is 2. The van der Waals surface area contributed by atoms with Crippen molar-refractivity contribution in [2.24, 2.45) is 5.73 Å². The molecule has 0 aliphatic carbocycles. The van der Waals surface area contributed by atoms with Gasteiger partial charge in [-0.2, -0.15) is 0 Å². The van der Waals surface area contributed by atoms with Crippen molar-refractivity contribution in [3.05, 3.63) is 207 Å². The Labute approximate surface area is 569 Å². The van der Waals surface area contributed by atoms with Gasteiger partial charge >= 0.3 is 19.8 Å². The Bertz CT molecular complexity index is 2280. The third-order valence-electron chi connectivity index (χ3n) is 14.7. The van der Waals surface area contributed by atoms with Crippen LogP contribution in [0.25, 0.3) is 0 Å². The van der Waals surface area contributed by atoms with Gasteiger partial charge in [-0.15, -0.1) is 0 Å². The van der Waals surface area contributed by atoms with E-state index < -0.39 is 32.5 Å². The standard InChI is InChI=1S/C83H132NO8P/c1-3-5-7-9-11-13-15-17-19-21-23-25-27-29-31-33-35-37-38-39-40-41-42-44-46-48-50-52-54-56-58-60-62-64-66-68-70-72-74-76-83(86)92-81(80-91-93(87,88)90-78-77-84)79-89-82(85)75-73-71-69-67-65-63-61-59-57-55-53-51-49-47-45-43-36-34-32-30-28-26-24-22-20-18-16-14-12-10-8-6-4-2/h5-8,11-14,17-20,23-26,29-32,35-37,39-40,42-44,47-50,53,55,81H,3-4,9-10,15-16,21-22,27-28,33-34,38,41,45-46,51-52,54,56-80,84H2,1-2H3,(H,87,88)/b7-5-,8-6-,13-11-,14-12-,19-17-,20-18-,25-23-,26-24-,31-29-,32-30-,37-35-,40-39-,43-36-,44-42-,49-47-,50-48-,55-53-. The minimum absolute atomic E-state index is 0.0416. The highest BCUT2D eigenvalue weighted by atomic mass is 31.2. The number of ether oxygens (including phenoxy) is 2. The molecule has 0 aliphatic rings. The van der Waals surface area contributed by atoms with E-state index in [1.165, 1.54) is 70.6 Å². The van der Waals surface area contributed by atoms with Crippen LogP contribution in [0.2, 0.25) is 0 Å². The zero-order chi connectivity index (χ0) is 67.2. The fraction of sp³-hybridized carbons (Fsp3) is 0.566. The molecular weight excluding hydrogens is 1170 g/mol. The molecule has 9 nitrogen and oxygen atoms in total. The molecular formula is C83H132NO8P. The highest BCUT2D eigenvalue weighted by Gasteiger charge is 2.26. The number of carbonyl (C=O) groups excluding carboxylic acids is 2. The number of esters is 2. The highest BCUT2D eigenvalue weighted by molar-refractivity contribution is 7.47. The highest BCUT2D eigenvalue weighted by Crippen LogP contribution is 2.43. The first-order valence-electron chi connectivity index (χ1n) is 36.6. The average Bonchev–Trinajstić information content (AvgIpc) is 3.60. The number of allylic oxidation sites excluding steroid dienone is 34. The quantitative estimate of drug-likeness (QED) is 0.0264. The first-order valence-corrected chi connectivity index (χ1v) is 38.1. The predicted octanol–water partition coefficient (Wildman–Crippen LogP) is 24.6. The molecule has 3 N–H and O–H groups in total. The van der Waals surface area contributed by atoms with Gasteiger partial charge in [0.15, 0.2) is 6.10 Å². The maximum absolute atomic E-state index is 12.8. The molecule has 2 atom stereocenters. The summed E-state index contributed by atoms with van der Waals surface area (Å²) < 4.78 is 33.2. The molecule has 0 aromatic rings. The van der Waals surface area contributed by atoms with Gasteiger partial charge in [-0.3, -0.25) is 18.6 Å². The van der Waals surface area contributed by atoms with Crippen LogP contribution < -0.4 is 5.73 Å². The second kappa shape index (κ2) is 75.6. The predicted molar refractivity (Wildman–Crippen MR) is 403 cm³/mol. The zero-order valence-corrected chi connectivity index (χ0v) is 59.5. The Morgan fingerprint density at radius 1 is 0.323 bits per heavy atom. The number of nitrogens with two attached hydrogens (primary N) is 1. The van der Waals surface area contributed by atoms with Gasteiger partial charge in [0.1, 0.15) is 6.61 Å². The minimum Gasteiger partial charge on any atom is -0.462 e. The van der Waals surface area contributed by atoms with Gasteiger partial charge in [0.05, 0.1) is 13.2 Å². The normalized spacial score (nSPS) is 14.2. The smallest absolute Gasteiger partial charge is 0.462 e. The molecule has 522 valence electrons. The first kappa shape index (κ1) is 87.6. The summed E-state index contributed by atoms with van der Waals surface area (Å²) in [5.41, 5.74) is 5.40. The van der Waals surface area contributed by atoms with Crippen molar-refractivity contribution in [2.45, 2.75) is 277 Å². The molecule has 0 saturated carbocycles. The fourth-order valence-corrected chi connectivity index (χ4v) is 10.1. The van der Waals surface area contributed by atoms with Gasteiger partial charge in [0.25, 0.3) is 0 Å². The Kier molecular flexibility index (Phi) is 71.2. The summed E-state index contributed by atoms with van der Waals surface area (Å²) in [5, 5.41) is 0. The summed E-state index contributed by atoms with van der Waals surface area (Å²) in [4.78, 5) is 35.4. The van der Waals surface area contributed by atoms with E-state index in [1.54, 1.807) is 0 Å². The average molecular weight is 1300 g/mol. The molecule has 2 unspecified atom stereocenters. The Morgan fingerprint density at radius 3 is 0.828 bits per heavy atom. The Hall–Kier alpha value is -5.41. The van der Waals surface area contributed by atoms with E-state index in [0.29, 0.717) is 12.8 Å². The molecule has 0 radical (unpaired) electrons. The lowest BCUT2D eigenvalue weighted by atomic mass is 10.0. The van der Waals surface area contributed by atoms with Crippen LogP contribution in [0.4, 0.5) is 0 Å². The van der Waals surface area contributed by atoms with Crippen LogP contribution in [-0.2, 0) is 32.7 Å². The van der Waals surface area contributed by atoms with Crippen LogP contribution in [0, 0.1) is 0 Å². The maximum atomic E-state index is 12.8. The van der Waals surface area contributed by atoms with Crippen LogP contribution in [0.3, 0.4) is 0 Å². The summed E-state index contributed by atoms with van der Waals surface area (Å²) >= 11 is 0. The largest absolute Gasteiger partial charge is 0.472 e. The summed E-state index contributed by atoms with van der Waals surface area (Å²) in [6, 6.07) is 0. The Morgan fingerprint density at radius 2 is 0.559 bits per heavy atom. The fourth-order valence-electron chi connectivity index (χ4n) is 9.35. The number of rotatable bonds is 66. The molecule has 0 bridgehead atoms. The first-order chi connectivity index (χ1) is 45.8. The minimum atomic E-state index is -4.41. The van der Waals surface area contributed by atoms with Crippen LogP contribution in [0.5, 0.6) is 0 Å². The lowest BCUT2D eigenvalue weighted by molar-refractivity contribution is -0.161. The number of hydrogen-bond donors (Lipinski definition) is 2. The van der Waals surface area contributed by atoms with Crippen molar-refractivity contribution >= 4 is 19.8 Å². The molecule has 0 spiro atoms. The van der Waals surface area contributed by atoms with Gasteiger partial charge in [-0.1, -0.05) is 317 Å². The molecule has 0 rings (SSSR count). The lowest BCUT2D eigenvalue weighted by Gasteiger charge is -2.19. The number of unbranched alkanes of at least 4 members (excludes halogenated alkanes) is 19. The third kappa shape index (κ3) is 75.5. The third-order valence-corrected chi connectivity index (χ3v) is 15.6. The van der Waals surface area contributed by atoms with Gasteiger partial charge in [0, 0.05) is 19.4 Å². The van der Waals surface area contributed by atoms with E-state index >= 15 is 0 Å². The lowest BCUT2D eigenvalue weighted by Crippen LogP contribution is -2.29. The summed E-state index contributed by atoms with van der Waals surface area (Å²) in [5.74, 6) is -0.852. The van der Waals surface area contributed by atoms with Crippen molar-refractivity contribution in [3.8, 4) is 0 Å². The second-order valence-electron chi connectivity index (χ2n) is 23.3. The number of phosphoric ester groups is 1. The zero-order valence-electron chi connectivity index (χ0n) is 58.6. The van der Waals surface area contributed by atoms with E-state index in [0.717, 1.165) is 161 Å². The van der Waals surface area contributed by atoms with Crippen LogP contribution in [0.15, 0.2) is 207 Å². The monoisotopic (exact) mass is 1300 g/mol. The second-order valence-corrected chi connectivity index (χ2v) is 24.8. The molecule has 0 aromatic heterocycles. The topological polar surface area (TPSA) is 134 Å². The van der Waals surface area contributed by atoms with Crippen molar-refractivity contribution in [2.75, 3.05) is 26.4 Å². The van der Waals surface area contributed by atoms with Crippen molar-refractivity contribution in [3.63, 3.8) is 0 Å². The molecule has 0 heterocycles. The van der Waals surface area contributed by atoms with Gasteiger partial charge < -0.3 is 20.1 Å². The number of hydrogen-bond acceptors (Lipinski definition) is 8. The van der Waals surface area contributed by atoms with E-state index in [4.69, 9.17) is 24.3 Å². The maximum Gasteiger partial charge on any atom is 0.472 e. The van der Waals surface area contributed by atoms with Gasteiger partial charge in [0.2, 0.25) is 0 Å². The number of phosphoric acid groups is 1. The molecule has 93 heavy (non-hydrogen) atoms. The van der Waals surface area contributed by atoms with Crippen molar-refractivity contribution < 1.29 is 37.6 Å². The summed E-state index contributed by atoms with van der Waals surface area (Å²) in [7, 11) is -4.41. The van der Waals surface area contributed by atoms with E-state index in [9.17, 15) is 19.0 Å². The van der Waals surface area contributed by atoms with Crippen molar-refractivity contribution in [1.82, 2.24) is 0 Å². The molecule has 0 fully saturated rings. The van der Waals surface area contributed by atoms with Crippen LogP contribution >= 0.6 is 7.82 Å². The molecule has 0 aliphatic heterocycles. The Balaban J connectivity index is 3.98. The van der Waals surface area contributed by atoms with E-state index in [2.05, 4.69) is 220 Å². The molecule has 0 aromatic carbocycles. The van der Waals surface area contributed by atoms with Gasteiger partial charge in [-0.05, 0) is 148 Å². The van der Waals surface area contributed by atoms with Crippen LogP contribution in [0.1, 0.15) is 271 Å². The molecule has 10 heteroatoms. The molecule has 0 saturated heterocycles. The van der Waals surface area contributed by atoms with Crippen LogP contribution in [-0.4, -0.2) is 49.3 Å².